The molecule has 0 amide bonds. The van der Waals surface area contributed by atoms with Crippen molar-refractivity contribution < 1.29 is 14.6 Å². The van der Waals surface area contributed by atoms with Gasteiger partial charge in [-0.25, -0.2) is 4.98 Å². The molecule has 3 rings (SSSR count). The van der Waals surface area contributed by atoms with Gasteiger partial charge in [0, 0.05) is 29.9 Å². The lowest BCUT2D eigenvalue weighted by atomic mass is 10.0. The summed E-state index contributed by atoms with van der Waals surface area (Å²) in [5.41, 5.74) is 1.88. The summed E-state index contributed by atoms with van der Waals surface area (Å²) < 4.78 is 11.2. The van der Waals surface area contributed by atoms with Crippen LogP contribution < -0.4 is 15.0 Å². The van der Waals surface area contributed by atoms with Gasteiger partial charge in [-0.1, -0.05) is 0 Å². The predicted octanol–water partition coefficient (Wildman–Crippen LogP) is 3.17. The Morgan fingerprint density at radius 3 is 2.64 bits per heavy atom. The Bertz CT molecular complexity index is 1050. The van der Waals surface area contributed by atoms with Crippen LogP contribution in [-0.2, 0) is 0 Å². The van der Waals surface area contributed by atoms with Gasteiger partial charge >= 0.3 is 0 Å². The Morgan fingerprint density at radius 1 is 1.14 bits per heavy atom. The van der Waals surface area contributed by atoms with Crippen LogP contribution >= 0.6 is 0 Å². The summed E-state index contributed by atoms with van der Waals surface area (Å²) in [7, 11) is 0. The number of aromatic nitrogens is 2. The van der Waals surface area contributed by atoms with Crippen molar-refractivity contribution in [3.05, 3.63) is 70.3 Å². The largest absolute Gasteiger partial charge is 0.508 e. The molecule has 0 unspecified atom stereocenters. The second-order valence-electron chi connectivity index (χ2n) is 6.09. The number of aromatic hydroxyl groups is 1. The third-order valence-corrected chi connectivity index (χ3v) is 4.05. The number of hydrogen-bond acceptors (Lipinski definition) is 6. The van der Waals surface area contributed by atoms with E-state index in [1.165, 1.54) is 0 Å². The van der Waals surface area contributed by atoms with Crippen molar-refractivity contribution in [1.82, 2.24) is 9.97 Å². The lowest BCUT2D eigenvalue weighted by Crippen LogP contribution is -2.12. The van der Waals surface area contributed by atoms with Crippen LogP contribution in [0.3, 0.4) is 0 Å². The molecule has 0 saturated heterocycles. The van der Waals surface area contributed by atoms with E-state index in [4.69, 9.17) is 14.7 Å². The minimum absolute atomic E-state index is 0.0614. The van der Waals surface area contributed by atoms with E-state index in [1.807, 2.05) is 6.07 Å². The smallest absolute Gasteiger partial charge is 0.266 e. The van der Waals surface area contributed by atoms with Crippen LogP contribution in [0.15, 0.2) is 53.5 Å². The molecule has 28 heavy (non-hydrogen) atoms. The molecule has 2 N–H and O–H groups in total. The van der Waals surface area contributed by atoms with Crippen molar-refractivity contribution in [2.75, 3.05) is 13.2 Å². The second-order valence-corrected chi connectivity index (χ2v) is 6.09. The van der Waals surface area contributed by atoms with Crippen molar-refractivity contribution in [1.29, 1.82) is 5.26 Å². The number of phenols is 1. The highest BCUT2D eigenvalue weighted by Gasteiger charge is 2.09. The van der Waals surface area contributed by atoms with Gasteiger partial charge in [-0.15, -0.1) is 0 Å². The van der Waals surface area contributed by atoms with Gasteiger partial charge in [0.1, 0.15) is 23.1 Å². The van der Waals surface area contributed by atoms with Crippen LogP contribution in [0.5, 0.6) is 17.4 Å². The normalized spacial score (nSPS) is 10.3. The fourth-order valence-electron chi connectivity index (χ4n) is 2.63. The summed E-state index contributed by atoms with van der Waals surface area (Å²) in [5, 5.41) is 18.3. The van der Waals surface area contributed by atoms with Gasteiger partial charge in [-0.3, -0.25) is 4.79 Å². The van der Waals surface area contributed by atoms with Gasteiger partial charge in [0.15, 0.2) is 0 Å². The molecule has 0 aliphatic carbocycles. The summed E-state index contributed by atoms with van der Waals surface area (Å²) in [6.07, 6.45) is 2.28. The van der Waals surface area contributed by atoms with E-state index in [1.54, 1.807) is 55.6 Å². The molecule has 2 heterocycles. The van der Waals surface area contributed by atoms with Crippen molar-refractivity contribution in [3.63, 3.8) is 0 Å². The maximum atomic E-state index is 11.7. The SMILES string of the molecule is Cc1[nH]c(=O)c(C#N)cc1-c1ccnc(OCCCOc2ccc(O)cc2)c1. The predicted molar refractivity (Wildman–Crippen MR) is 103 cm³/mol. The fraction of sp³-hybridized carbons (Fsp3) is 0.190. The molecule has 0 aliphatic rings. The van der Waals surface area contributed by atoms with Crippen LogP contribution in [0.25, 0.3) is 11.1 Å². The first-order valence-corrected chi connectivity index (χ1v) is 8.72. The molecular weight excluding hydrogens is 358 g/mol. The Morgan fingerprint density at radius 2 is 1.89 bits per heavy atom. The highest BCUT2D eigenvalue weighted by atomic mass is 16.5. The first-order chi connectivity index (χ1) is 13.6. The Balaban J connectivity index is 1.59. The van der Waals surface area contributed by atoms with Gasteiger partial charge in [0.05, 0.1) is 13.2 Å². The Kier molecular flexibility index (Phi) is 5.92. The second kappa shape index (κ2) is 8.73. The lowest BCUT2D eigenvalue weighted by molar-refractivity contribution is 0.242. The van der Waals surface area contributed by atoms with E-state index >= 15 is 0 Å². The minimum Gasteiger partial charge on any atom is -0.508 e. The van der Waals surface area contributed by atoms with Crippen molar-refractivity contribution in [2.45, 2.75) is 13.3 Å². The van der Waals surface area contributed by atoms with Crippen molar-refractivity contribution in [2.24, 2.45) is 0 Å². The number of rotatable bonds is 7. The quantitative estimate of drug-likeness (QED) is 0.612. The van der Waals surface area contributed by atoms with Crippen LogP contribution in [0, 0.1) is 18.3 Å². The number of benzene rings is 1. The van der Waals surface area contributed by atoms with E-state index in [2.05, 4.69) is 9.97 Å². The number of nitrogens with zero attached hydrogens (tertiary/aromatic N) is 2. The molecule has 0 radical (unpaired) electrons. The molecule has 0 spiro atoms. The molecular formula is C21H19N3O4. The van der Waals surface area contributed by atoms with Crippen LogP contribution in [0.4, 0.5) is 0 Å². The minimum atomic E-state index is -0.400. The zero-order valence-electron chi connectivity index (χ0n) is 15.3. The van der Waals surface area contributed by atoms with E-state index < -0.39 is 5.56 Å². The standard InChI is InChI=1S/C21H19N3O4/c1-14-19(11-16(13-22)21(26)24-14)15-7-8-23-20(12-15)28-10-2-9-27-18-5-3-17(25)4-6-18/h3-8,11-12,25H,2,9-10H2,1H3,(H,24,26). The van der Waals surface area contributed by atoms with E-state index in [0.29, 0.717) is 37.0 Å². The summed E-state index contributed by atoms with van der Waals surface area (Å²) in [6, 6.07) is 13.6. The monoisotopic (exact) mass is 377 g/mol. The lowest BCUT2D eigenvalue weighted by Gasteiger charge is -2.10. The van der Waals surface area contributed by atoms with E-state index in [0.717, 1.165) is 11.1 Å². The summed E-state index contributed by atoms with van der Waals surface area (Å²) in [6.45, 7) is 2.66. The molecule has 0 fully saturated rings. The number of hydrogen-bond donors (Lipinski definition) is 2. The van der Waals surface area contributed by atoms with Gasteiger partial charge in [0.25, 0.3) is 5.56 Å². The van der Waals surface area contributed by atoms with Gasteiger partial charge in [-0.05, 0) is 48.9 Å². The third-order valence-electron chi connectivity index (χ3n) is 4.05. The number of pyridine rings is 2. The molecule has 0 saturated carbocycles. The van der Waals surface area contributed by atoms with Crippen molar-refractivity contribution >= 4 is 0 Å². The number of aryl methyl sites for hydroxylation is 1. The molecule has 1 aromatic carbocycles. The van der Waals surface area contributed by atoms with Crippen molar-refractivity contribution in [3.8, 4) is 34.6 Å². The van der Waals surface area contributed by atoms with Crippen LogP contribution in [-0.4, -0.2) is 28.3 Å². The number of nitrogens with one attached hydrogen (secondary N) is 1. The molecule has 3 aromatic rings. The summed E-state index contributed by atoms with van der Waals surface area (Å²) in [4.78, 5) is 18.6. The first kappa shape index (κ1) is 19.0. The number of H-pyrrole nitrogens is 1. The number of aromatic amines is 1. The zero-order chi connectivity index (χ0) is 19.9. The maximum absolute atomic E-state index is 11.7. The molecule has 7 heteroatoms. The molecule has 0 aliphatic heterocycles. The third kappa shape index (κ3) is 4.68. The highest BCUT2D eigenvalue weighted by Crippen LogP contribution is 2.24. The summed E-state index contributed by atoms with van der Waals surface area (Å²) in [5.74, 6) is 1.33. The van der Waals surface area contributed by atoms with Gasteiger partial charge in [-0.2, -0.15) is 5.26 Å². The zero-order valence-corrected chi connectivity index (χ0v) is 15.3. The molecule has 0 atom stereocenters. The summed E-state index contributed by atoms with van der Waals surface area (Å²) >= 11 is 0. The van der Waals surface area contributed by atoms with Gasteiger partial charge in [0.2, 0.25) is 5.88 Å². The topological polar surface area (TPSA) is 108 Å². The van der Waals surface area contributed by atoms with Gasteiger partial charge < -0.3 is 19.6 Å². The Hall–Kier alpha value is -3.79. The van der Waals surface area contributed by atoms with E-state index in [9.17, 15) is 9.90 Å². The fourth-order valence-corrected chi connectivity index (χ4v) is 2.63. The van der Waals surface area contributed by atoms with E-state index in [-0.39, 0.29) is 11.3 Å². The number of ether oxygens (including phenoxy) is 2. The highest BCUT2D eigenvalue weighted by molar-refractivity contribution is 5.67. The molecule has 7 nitrogen and oxygen atoms in total. The average molecular weight is 377 g/mol. The number of nitriles is 1. The Labute approximate surface area is 161 Å². The number of phenolic OH excluding ortho intramolecular Hbond substituents is 1. The molecule has 0 bridgehead atoms. The first-order valence-electron chi connectivity index (χ1n) is 8.72. The maximum Gasteiger partial charge on any atom is 0.266 e. The average Bonchev–Trinajstić information content (AvgIpc) is 2.69. The molecule has 2 aromatic heterocycles. The van der Waals surface area contributed by atoms with Crippen LogP contribution in [0.2, 0.25) is 0 Å². The van der Waals surface area contributed by atoms with Crippen LogP contribution in [0.1, 0.15) is 17.7 Å². The molecule has 142 valence electrons.